The molecule has 54 valence electrons. The Morgan fingerprint density at radius 1 is 1.33 bits per heavy atom. The SMILES string of the molecule is O=C(O)C(F)(F)F.[Cu].[K]. The molecule has 0 saturated heterocycles. The Hall–Kier alpha value is 1.42. The van der Waals surface area contributed by atoms with E-state index >= 15 is 0 Å². The van der Waals surface area contributed by atoms with Crippen molar-refractivity contribution in [2.45, 2.75) is 6.18 Å². The summed E-state index contributed by atoms with van der Waals surface area (Å²) in [6.45, 7) is 0. The molecule has 0 unspecified atom stereocenters. The van der Waals surface area contributed by atoms with Gasteiger partial charge in [0, 0.05) is 68.5 Å². The third-order valence-electron chi connectivity index (χ3n) is 0.243. The van der Waals surface area contributed by atoms with E-state index in [1.807, 2.05) is 0 Å². The van der Waals surface area contributed by atoms with E-state index in [2.05, 4.69) is 0 Å². The number of carboxylic acids is 1. The number of hydrogen-bond donors (Lipinski definition) is 1. The minimum Gasteiger partial charge on any atom is -0.475 e. The maximum absolute atomic E-state index is 10.6. The molecule has 0 aromatic rings. The van der Waals surface area contributed by atoms with Crippen LogP contribution in [0, 0.1) is 0 Å². The maximum Gasteiger partial charge on any atom is 0.490 e. The molecule has 0 fully saturated rings. The minimum absolute atomic E-state index is 0. The first-order valence-corrected chi connectivity index (χ1v) is 1.24. The van der Waals surface area contributed by atoms with E-state index in [0.29, 0.717) is 0 Å². The van der Waals surface area contributed by atoms with Crippen molar-refractivity contribution < 1.29 is 40.1 Å². The molecule has 9 heavy (non-hydrogen) atoms. The second kappa shape index (κ2) is 6.15. The summed E-state index contributed by atoms with van der Waals surface area (Å²) in [6, 6.07) is 0. The Morgan fingerprint density at radius 3 is 1.44 bits per heavy atom. The molecule has 0 aliphatic carbocycles. The van der Waals surface area contributed by atoms with Crippen molar-refractivity contribution in [2.24, 2.45) is 0 Å². The molecule has 0 rings (SSSR count). The van der Waals surface area contributed by atoms with Crippen LogP contribution in [0.2, 0.25) is 0 Å². The first-order valence-electron chi connectivity index (χ1n) is 1.24. The number of carboxylic acid groups (broad SMARTS) is 1. The van der Waals surface area contributed by atoms with Crippen molar-refractivity contribution in [1.29, 1.82) is 0 Å². The Bertz CT molecular complexity index is 92.3. The van der Waals surface area contributed by atoms with Crippen LogP contribution in [0.4, 0.5) is 13.2 Å². The van der Waals surface area contributed by atoms with Crippen molar-refractivity contribution in [3.05, 3.63) is 0 Å². The first-order chi connectivity index (χ1) is 2.94. The van der Waals surface area contributed by atoms with Gasteiger partial charge in [0.15, 0.2) is 0 Å². The van der Waals surface area contributed by atoms with Crippen LogP contribution in [0.3, 0.4) is 0 Å². The fourth-order valence-electron chi connectivity index (χ4n) is 0. The number of alkyl halides is 3. The van der Waals surface area contributed by atoms with Gasteiger partial charge in [-0.25, -0.2) is 4.79 Å². The van der Waals surface area contributed by atoms with Gasteiger partial charge in [-0.2, -0.15) is 13.2 Å². The van der Waals surface area contributed by atoms with Crippen molar-refractivity contribution in [3.8, 4) is 0 Å². The summed E-state index contributed by atoms with van der Waals surface area (Å²) < 4.78 is 31.7. The molecule has 0 aromatic heterocycles. The molecule has 0 spiro atoms. The quantitative estimate of drug-likeness (QED) is 0.590. The summed E-state index contributed by atoms with van der Waals surface area (Å²) in [5.74, 6) is -2.76. The Labute approximate surface area is 102 Å². The fraction of sp³-hybridized carbons (Fsp3) is 0.500. The van der Waals surface area contributed by atoms with Crippen LogP contribution in [0.1, 0.15) is 0 Å². The van der Waals surface area contributed by atoms with Gasteiger partial charge >= 0.3 is 12.1 Å². The van der Waals surface area contributed by atoms with E-state index in [1.54, 1.807) is 0 Å². The molecule has 0 heterocycles. The molecular weight excluding hydrogens is 216 g/mol. The van der Waals surface area contributed by atoms with E-state index in [4.69, 9.17) is 9.90 Å². The number of hydrogen-bond acceptors (Lipinski definition) is 1. The Kier molecular flexibility index (Phi) is 11.5. The maximum atomic E-state index is 10.6. The van der Waals surface area contributed by atoms with E-state index in [9.17, 15) is 13.2 Å². The van der Waals surface area contributed by atoms with Gasteiger partial charge in [-0.05, 0) is 0 Å². The second-order valence-corrected chi connectivity index (χ2v) is 0.803. The molecule has 0 amide bonds. The van der Waals surface area contributed by atoms with Crippen LogP contribution >= 0.6 is 0 Å². The summed E-state index contributed by atoms with van der Waals surface area (Å²) in [5, 5.41) is 7.12. The molecule has 0 bridgehead atoms. The van der Waals surface area contributed by atoms with Gasteiger partial charge in [0.1, 0.15) is 0 Å². The summed E-state index contributed by atoms with van der Waals surface area (Å²) in [4.78, 5) is 8.90. The van der Waals surface area contributed by atoms with E-state index in [-0.39, 0.29) is 68.5 Å². The molecule has 7 heteroatoms. The molecule has 0 aliphatic rings. The number of aliphatic carboxylic acids is 1. The smallest absolute Gasteiger partial charge is 0.475 e. The monoisotopic (exact) mass is 216 g/mol. The van der Waals surface area contributed by atoms with E-state index < -0.39 is 12.1 Å². The van der Waals surface area contributed by atoms with Gasteiger partial charge in [-0.15, -0.1) is 0 Å². The third-order valence-corrected chi connectivity index (χ3v) is 0.243. The normalized spacial score (nSPS) is 8.78. The van der Waals surface area contributed by atoms with Gasteiger partial charge in [0.05, 0.1) is 0 Å². The molecule has 1 N–H and O–H groups in total. The molecule has 2 nitrogen and oxygen atoms in total. The van der Waals surface area contributed by atoms with E-state index in [1.165, 1.54) is 0 Å². The molecule has 0 aromatic carbocycles. The minimum atomic E-state index is -5.08. The van der Waals surface area contributed by atoms with Crippen LogP contribution in [0.15, 0.2) is 0 Å². The average molecular weight is 217 g/mol. The van der Waals surface area contributed by atoms with Crippen LogP contribution in [0.5, 0.6) is 0 Å². The predicted molar refractivity (Wildman–Crippen MR) is 19.4 cm³/mol. The van der Waals surface area contributed by atoms with Crippen LogP contribution in [-0.4, -0.2) is 68.6 Å². The van der Waals surface area contributed by atoms with Gasteiger partial charge in [0.2, 0.25) is 0 Å². The van der Waals surface area contributed by atoms with Crippen molar-refractivity contribution >= 4 is 57.4 Å². The topological polar surface area (TPSA) is 37.3 Å². The Balaban J connectivity index is -0.000000180. The van der Waals surface area contributed by atoms with Gasteiger partial charge in [0.25, 0.3) is 0 Å². The number of halogens is 3. The fourth-order valence-corrected chi connectivity index (χ4v) is 0. The second-order valence-electron chi connectivity index (χ2n) is 0.803. The Morgan fingerprint density at radius 2 is 1.44 bits per heavy atom. The molecule has 2 radical (unpaired) electrons. The molecule has 0 aliphatic heterocycles. The zero-order valence-electron chi connectivity index (χ0n) is 4.29. The zero-order chi connectivity index (χ0) is 6.08. The summed E-state index contributed by atoms with van der Waals surface area (Å²) >= 11 is 0. The van der Waals surface area contributed by atoms with Crippen LogP contribution < -0.4 is 0 Å². The summed E-state index contributed by atoms with van der Waals surface area (Å²) in [6.07, 6.45) is -5.08. The van der Waals surface area contributed by atoms with Crippen LogP contribution in [0.25, 0.3) is 0 Å². The van der Waals surface area contributed by atoms with Gasteiger partial charge in [-0.1, -0.05) is 0 Å². The van der Waals surface area contributed by atoms with Gasteiger partial charge < -0.3 is 5.11 Å². The third kappa shape index (κ3) is 9.42. The van der Waals surface area contributed by atoms with Crippen molar-refractivity contribution in [3.63, 3.8) is 0 Å². The number of rotatable bonds is 0. The first kappa shape index (κ1) is 16.8. The van der Waals surface area contributed by atoms with Crippen molar-refractivity contribution in [2.75, 3.05) is 0 Å². The zero-order valence-corrected chi connectivity index (χ0v) is 8.36. The summed E-state index contributed by atoms with van der Waals surface area (Å²) in [5.41, 5.74) is 0. The van der Waals surface area contributed by atoms with Crippen LogP contribution in [-0.2, 0) is 21.9 Å². The van der Waals surface area contributed by atoms with Gasteiger partial charge in [-0.3, -0.25) is 0 Å². The largest absolute Gasteiger partial charge is 0.490 e. The van der Waals surface area contributed by atoms with E-state index in [0.717, 1.165) is 0 Å². The summed E-state index contributed by atoms with van der Waals surface area (Å²) in [7, 11) is 0. The standard InChI is InChI=1S/C2HF3O2.Cu.K/c3-2(4,5)1(6)7;;/h(H,6,7);;. The molecular formula is C2HCuF3KO2. The predicted octanol–water partition coefficient (Wildman–Crippen LogP) is 0.250. The molecule has 0 atom stereocenters. The van der Waals surface area contributed by atoms with Crippen molar-refractivity contribution in [1.82, 2.24) is 0 Å². The molecule has 0 saturated carbocycles. The number of carbonyl (C=O) groups is 1. The average Bonchev–Trinajstić information content (AvgIpc) is 1.31.